The molecule has 3 heterocycles. The van der Waals surface area contributed by atoms with E-state index in [0.29, 0.717) is 29.9 Å². The Morgan fingerprint density at radius 3 is 2.43 bits per heavy atom. The average molecular weight is 622 g/mol. The first-order chi connectivity index (χ1) is 20.0. The van der Waals surface area contributed by atoms with E-state index >= 15 is 0 Å². The van der Waals surface area contributed by atoms with Gasteiger partial charge in [0.15, 0.2) is 11.5 Å². The van der Waals surface area contributed by atoms with Crippen LogP contribution in [0.3, 0.4) is 0 Å². The van der Waals surface area contributed by atoms with Crippen molar-refractivity contribution in [2.24, 2.45) is 5.92 Å². The molecule has 1 aromatic heterocycles. The van der Waals surface area contributed by atoms with Gasteiger partial charge in [-0.15, -0.1) is 11.3 Å². The van der Waals surface area contributed by atoms with Crippen LogP contribution in [-0.4, -0.2) is 94.9 Å². The summed E-state index contributed by atoms with van der Waals surface area (Å²) in [7, 11) is -0.503. The molecule has 2 saturated heterocycles. The highest BCUT2D eigenvalue weighted by atomic mass is 32.2. The number of benzene rings is 1. The van der Waals surface area contributed by atoms with Crippen molar-refractivity contribution in [3.63, 3.8) is 0 Å². The molecule has 230 valence electrons. The van der Waals surface area contributed by atoms with Gasteiger partial charge in [-0.3, -0.25) is 14.2 Å². The topological polar surface area (TPSA) is 150 Å². The Morgan fingerprint density at radius 1 is 1.12 bits per heavy atom. The molecule has 0 spiro atoms. The Morgan fingerprint density at radius 2 is 1.81 bits per heavy atom. The third-order valence-electron chi connectivity index (χ3n) is 6.98. The largest absolute Gasteiger partial charge is 0.493 e. The van der Waals surface area contributed by atoms with Crippen LogP contribution in [0, 0.1) is 17.2 Å². The van der Waals surface area contributed by atoms with E-state index in [1.54, 1.807) is 31.6 Å². The molecule has 0 saturated carbocycles. The van der Waals surface area contributed by atoms with Crippen molar-refractivity contribution in [3.8, 4) is 17.6 Å². The van der Waals surface area contributed by atoms with Crippen molar-refractivity contribution in [1.82, 2.24) is 4.90 Å². The molecule has 1 aromatic carbocycles. The molecule has 4 rings (SSSR count). The van der Waals surface area contributed by atoms with Gasteiger partial charge < -0.3 is 24.2 Å². The molecule has 0 bridgehead atoms. The highest BCUT2D eigenvalue weighted by molar-refractivity contribution is 7.85. The minimum atomic E-state index is -3.67. The van der Waals surface area contributed by atoms with Crippen molar-refractivity contribution in [1.29, 1.82) is 5.26 Å². The maximum absolute atomic E-state index is 12.5. The number of thiophene rings is 1. The fraction of sp³-hybridized carbons (Fsp3) is 0.517. The number of aliphatic hydroxyl groups is 1. The number of hydrogen-bond donors (Lipinski definition) is 2. The lowest BCUT2D eigenvalue weighted by Crippen LogP contribution is -2.42. The van der Waals surface area contributed by atoms with E-state index in [1.807, 2.05) is 24.3 Å². The molecule has 42 heavy (non-hydrogen) atoms. The standard InChI is InChI=1S/C28H35N3O5S.CH4O3S/c1-34-25-7-5-21(15-26(25)35-2)22(16-29)14-24-6-8-27(37-24)31-12-9-23(10-13-31)36-28(33)18-30-11-3-4-20(17-30)19-32;1-5(2,3)4/h5-8,14-15,20,23,32H,3-4,9-13,17-19H2,1-2H3;1H3,(H,2,3,4)/b22-14+;. The van der Waals surface area contributed by atoms with E-state index in [1.165, 1.54) is 0 Å². The van der Waals surface area contributed by atoms with Crippen molar-refractivity contribution >= 4 is 44.1 Å². The van der Waals surface area contributed by atoms with E-state index in [4.69, 9.17) is 18.8 Å². The summed E-state index contributed by atoms with van der Waals surface area (Å²) in [6.45, 7) is 3.77. The first kappa shape index (κ1) is 33.4. The number of rotatable bonds is 9. The van der Waals surface area contributed by atoms with Crippen LogP contribution in [0.1, 0.15) is 36.1 Å². The van der Waals surface area contributed by atoms with Gasteiger partial charge in [-0.05, 0) is 67.3 Å². The minimum absolute atomic E-state index is 0.0586. The zero-order valence-corrected chi connectivity index (χ0v) is 25.8. The lowest BCUT2D eigenvalue weighted by Gasteiger charge is -2.34. The van der Waals surface area contributed by atoms with Gasteiger partial charge >= 0.3 is 5.97 Å². The molecule has 1 atom stereocenters. The van der Waals surface area contributed by atoms with Crippen LogP contribution >= 0.6 is 11.3 Å². The summed E-state index contributed by atoms with van der Waals surface area (Å²) >= 11 is 1.64. The van der Waals surface area contributed by atoms with Crippen molar-refractivity contribution < 1.29 is 37.1 Å². The first-order valence-electron chi connectivity index (χ1n) is 13.7. The van der Waals surface area contributed by atoms with E-state index in [9.17, 15) is 23.6 Å². The van der Waals surface area contributed by atoms with Crippen LogP contribution in [-0.2, 0) is 19.6 Å². The molecular formula is C29H39N3O8S2. The van der Waals surface area contributed by atoms with E-state index < -0.39 is 10.1 Å². The SMILES string of the molecule is COc1ccc(/C(C#N)=C/c2ccc(N3CCC(OC(=O)CN4CCCC(CO)C4)CC3)s2)cc1OC.CS(=O)(=O)O. The van der Waals surface area contributed by atoms with Gasteiger partial charge in [0.2, 0.25) is 0 Å². The highest BCUT2D eigenvalue weighted by Gasteiger charge is 2.26. The minimum Gasteiger partial charge on any atom is -0.493 e. The molecule has 1 unspecified atom stereocenters. The van der Waals surface area contributed by atoms with Gasteiger partial charge in [-0.25, -0.2) is 0 Å². The van der Waals surface area contributed by atoms with E-state index in [2.05, 4.69) is 21.9 Å². The summed E-state index contributed by atoms with van der Waals surface area (Å²) in [5.74, 6) is 1.30. The summed E-state index contributed by atoms with van der Waals surface area (Å²) < 4.78 is 42.3. The normalized spacial score (nSPS) is 18.4. The number of likely N-dealkylation sites (tertiary alicyclic amines) is 1. The van der Waals surface area contributed by atoms with Gasteiger partial charge in [-0.1, -0.05) is 0 Å². The zero-order chi connectivity index (χ0) is 30.7. The Balaban J connectivity index is 0.000000892. The Kier molecular flexibility index (Phi) is 12.6. The molecule has 2 aliphatic heterocycles. The molecule has 2 fully saturated rings. The summed E-state index contributed by atoms with van der Waals surface area (Å²) in [5.41, 5.74) is 1.33. The van der Waals surface area contributed by atoms with E-state index in [0.717, 1.165) is 67.3 Å². The molecule has 13 heteroatoms. The third-order valence-corrected chi connectivity index (χ3v) is 8.07. The number of esters is 1. The summed E-state index contributed by atoms with van der Waals surface area (Å²) in [6, 6.07) is 11.9. The van der Waals surface area contributed by atoms with Crippen LogP contribution in [0.25, 0.3) is 11.6 Å². The number of allylic oxidation sites excluding steroid dienone is 1. The second kappa shape index (κ2) is 15.9. The van der Waals surface area contributed by atoms with Crippen LogP contribution in [0.4, 0.5) is 5.00 Å². The lowest BCUT2D eigenvalue weighted by atomic mass is 9.99. The average Bonchev–Trinajstić information content (AvgIpc) is 3.43. The fourth-order valence-electron chi connectivity index (χ4n) is 4.96. The van der Waals surface area contributed by atoms with Gasteiger partial charge in [0.25, 0.3) is 10.1 Å². The predicted molar refractivity (Wildman–Crippen MR) is 162 cm³/mol. The number of anilines is 1. The molecular weight excluding hydrogens is 582 g/mol. The highest BCUT2D eigenvalue weighted by Crippen LogP contribution is 2.34. The van der Waals surface area contributed by atoms with Gasteiger partial charge in [0, 0.05) is 44.0 Å². The molecule has 0 aliphatic carbocycles. The predicted octanol–water partition coefficient (Wildman–Crippen LogP) is 3.55. The molecule has 2 aromatic rings. The number of ether oxygens (including phenoxy) is 3. The van der Waals surface area contributed by atoms with Crippen LogP contribution in [0.5, 0.6) is 11.5 Å². The number of aliphatic hydroxyl groups excluding tert-OH is 1. The Bertz CT molecular complexity index is 1350. The summed E-state index contributed by atoms with van der Waals surface area (Å²) in [4.78, 5) is 17.9. The van der Waals surface area contributed by atoms with Gasteiger partial charge in [0.1, 0.15) is 6.10 Å². The van der Waals surface area contributed by atoms with Crippen LogP contribution in [0.15, 0.2) is 30.3 Å². The molecule has 0 amide bonds. The van der Waals surface area contributed by atoms with Crippen molar-refractivity contribution in [2.75, 3.05) is 64.7 Å². The smallest absolute Gasteiger partial charge is 0.320 e. The second-order valence-corrected chi connectivity index (χ2v) is 12.8. The summed E-state index contributed by atoms with van der Waals surface area (Å²) in [6.07, 6.45) is 6.18. The number of methoxy groups -OCH3 is 2. The maximum Gasteiger partial charge on any atom is 0.320 e. The molecule has 11 nitrogen and oxygen atoms in total. The molecule has 2 aliphatic rings. The number of nitriles is 1. The number of carbonyl (C=O) groups excluding carboxylic acids is 1. The number of carbonyl (C=O) groups is 1. The molecule has 0 radical (unpaired) electrons. The van der Waals surface area contributed by atoms with E-state index in [-0.39, 0.29) is 24.6 Å². The quantitative estimate of drug-likeness (QED) is 0.240. The number of hydrogen-bond acceptors (Lipinski definition) is 11. The van der Waals surface area contributed by atoms with Gasteiger partial charge in [-0.2, -0.15) is 13.7 Å². The zero-order valence-electron chi connectivity index (χ0n) is 24.2. The monoisotopic (exact) mass is 621 g/mol. The van der Waals surface area contributed by atoms with Crippen LogP contribution in [0.2, 0.25) is 0 Å². The van der Waals surface area contributed by atoms with Gasteiger partial charge in [0.05, 0.1) is 43.7 Å². The first-order valence-corrected chi connectivity index (χ1v) is 16.3. The van der Waals surface area contributed by atoms with Crippen molar-refractivity contribution in [2.45, 2.75) is 31.8 Å². The number of nitrogens with zero attached hydrogens (tertiary/aromatic N) is 3. The lowest BCUT2D eigenvalue weighted by molar-refractivity contribution is -0.151. The van der Waals surface area contributed by atoms with Crippen molar-refractivity contribution in [3.05, 3.63) is 40.8 Å². The number of piperidine rings is 2. The third kappa shape index (κ3) is 10.6. The van der Waals surface area contributed by atoms with Crippen LogP contribution < -0.4 is 14.4 Å². The summed E-state index contributed by atoms with van der Waals surface area (Å²) in [5, 5.41) is 20.3. The maximum atomic E-state index is 12.5. The second-order valence-electron chi connectivity index (χ2n) is 10.3. The Labute approximate surface area is 251 Å². The Hall–Kier alpha value is -3.15. The molecule has 2 N–H and O–H groups in total. The fourth-order valence-corrected chi connectivity index (χ4v) is 5.96.